The number of amides is 1. The summed E-state index contributed by atoms with van der Waals surface area (Å²) in [6, 6.07) is 4.98. The zero-order chi connectivity index (χ0) is 18.2. The quantitative estimate of drug-likeness (QED) is 0.643. The van der Waals surface area contributed by atoms with Gasteiger partial charge in [-0.1, -0.05) is 36.9 Å². The molecule has 2 heterocycles. The lowest BCUT2D eigenvalue weighted by molar-refractivity contribution is -0.138. The molecule has 132 valence electrons. The molecule has 0 aliphatic carbocycles. The first-order valence-electron chi connectivity index (χ1n) is 7.54. The number of carbonyl (C=O) groups excluding carboxylic acids is 1. The highest BCUT2D eigenvalue weighted by Gasteiger charge is 2.39. The maximum atomic E-state index is 13.3. The van der Waals surface area contributed by atoms with Gasteiger partial charge in [0.1, 0.15) is 5.82 Å². The average Bonchev–Trinajstić information content (AvgIpc) is 2.53. The summed E-state index contributed by atoms with van der Waals surface area (Å²) in [4.78, 5) is 31.2. The summed E-state index contributed by atoms with van der Waals surface area (Å²) < 4.78 is 40.0. The van der Waals surface area contributed by atoms with E-state index in [-0.39, 0.29) is 23.4 Å². The summed E-state index contributed by atoms with van der Waals surface area (Å²) in [6.07, 6.45) is -4.83. The van der Waals surface area contributed by atoms with Crippen molar-refractivity contribution >= 4 is 23.5 Å². The number of rotatable bonds is 3. The van der Waals surface area contributed by atoms with Gasteiger partial charge in [0.05, 0.1) is 11.1 Å². The van der Waals surface area contributed by atoms with Crippen LogP contribution in [0.1, 0.15) is 36.0 Å². The Morgan fingerprint density at radius 3 is 2.68 bits per heavy atom. The van der Waals surface area contributed by atoms with Crippen molar-refractivity contribution in [1.29, 1.82) is 0 Å². The van der Waals surface area contributed by atoms with Crippen molar-refractivity contribution in [3.8, 4) is 0 Å². The van der Waals surface area contributed by atoms with E-state index in [4.69, 9.17) is 0 Å². The zero-order valence-corrected chi connectivity index (χ0v) is 13.9. The van der Waals surface area contributed by atoms with Crippen LogP contribution in [0, 0.1) is 0 Å². The number of nitrogens with one attached hydrogen (secondary N) is 2. The normalized spacial score (nSPS) is 17.1. The Bertz CT molecular complexity index is 880. The molecule has 0 radical (unpaired) electrons. The fraction of sp³-hybridized carbons (Fsp3) is 0.312. The lowest BCUT2D eigenvalue weighted by Crippen LogP contribution is -2.32. The number of H-pyrrole nitrogens is 1. The maximum Gasteiger partial charge on any atom is 0.416 e. The minimum Gasteiger partial charge on any atom is -0.310 e. The van der Waals surface area contributed by atoms with E-state index in [0.717, 1.165) is 6.07 Å². The molecule has 5 nitrogen and oxygen atoms in total. The molecule has 2 N–H and O–H groups in total. The van der Waals surface area contributed by atoms with Gasteiger partial charge in [-0.05, 0) is 17.4 Å². The van der Waals surface area contributed by atoms with Crippen molar-refractivity contribution in [2.75, 3.05) is 11.1 Å². The van der Waals surface area contributed by atoms with Crippen LogP contribution in [-0.2, 0) is 11.0 Å². The number of hydrogen-bond acceptors (Lipinski definition) is 4. The van der Waals surface area contributed by atoms with E-state index in [1.54, 1.807) is 0 Å². The van der Waals surface area contributed by atoms with Crippen LogP contribution in [0.15, 0.2) is 34.2 Å². The predicted octanol–water partition coefficient (Wildman–Crippen LogP) is 3.37. The molecular weight excluding hydrogens is 355 g/mol. The van der Waals surface area contributed by atoms with E-state index < -0.39 is 29.1 Å². The molecule has 0 saturated carbocycles. The summed E-state index contributed by atoms with van der Waals surface area (Å²) in [5.74, 6) is -0.799. The molecule has 0 fully saturated rings. The highest BCUT2D eigenvalue weighted by molar-refractivity contribution is 7.99. The first-order valence-corrected chi connectivity index (χ1v) is 8.52. The number of thioether (sulfide) groups is 1. The molecule has 3 rings (SSSR count). The van der Waals surface area contributed by atoms with E-state index in [1.807, 2.05) is 6.92 Å². The topological polar surface area (TPSA) is 74.8 Å². The Kier molecular flexibility index (Phi) is 4.59. The monoisotopic (exact) mass is 369 g/mol. The van der Waals surface area contributed by atoms with E-state index in [9.17, 15) is 22.8 Å². The number of anilines is 1. The second-order valence-corrected chi connectivity index (χ2v) is 6.71. The molecule has 1 atom stereocenters. The second kappa shape index (κ2) is 6.55. The number of carbonyl (C=O) groups is 1. The van der Waals surface area contributed by atoms with Crippen LogP contribution in [0.5, 0.6) is 0 Å². The van der Waals surface area contributed by atoms with Crippen LogP contribution < -0.4 is 10.9 Å². The number of nitrogens with zero attached hydrogens (tertiary/aromatic N) is 1. The molecule has 25 heavy (non-hydrogen) atoms. The third kappa shape index (κ3) is 3.41. The standard InChI is InChI=1S/C16H14F3N3O2S/c1-2-25-15-21-13-12(14(24)22-15)9(7-11(23)20-13)8-5-3-4-6-10(8)16(17,18)19/h3-6,9H,2,7H2,1H3,(H2,20,21,22,23,24)/t9-/m1/s1. The number of fused-ring (bicyclic) bond motifs is 1. The summed E-state index contributed by atoms with van der Waals surface area (Å²) in [5.41, 5.74) is -1.44. The molecule has 1 amide bonds. The van der Waals surface area contributed by atoms with Crippen molar-refractivity contribution in [3.63, 3.8) is 0 Å². The number of alkyl halides is 3. The van der Waals surface area contributed by atoms with Crippen molar-refractivity contribution in [2.45, 2.75) is 30.6 Å². The minimum atomic E-state index is -4.58. The van der Waals surface area contributed by atoms with Crippen LogP contribution in [0.4, 0.5) is 19.0 Å². The second-order valence-electron chi connectivity index (χ2n) is 5.46. The fourth-order valence-corrected chi connectivity index (χ4v) is 3.47. The van der Waals surface area contributed by atoms with E-state index in [1.165, 1.54) is 30.0 Å². The number of hydrogen-bond donors (Lipinski definition) is 2. The van der Waals surface area contributed by atoms with Crippen molar-refractivity contribution in [1.82, 2.24) is 9.97 Å². The largest absolute Gasteiger partial charge is 0.416 e. The van der Waals surface area contributed by atoms with Gasteiger partial charge in [0.15, 0.2) is 5.16 Å². The predicted molar refractivity (Wildman–Crippen MR) is 87.8 cm³/mol. The van der Waals surface area contributed by atoms with Crippen molar-refractivity contribution < 1.29 is 18.0 Å². The summed E-state index contributed by atoms with van der Waals surface area (Å²) in [7, 11) is 0. The highest BCUT2D eigenvalue weighted by Crippen LogP contribution is 2.41. The Labute approximate surface area is 145 Å². The summed E-state index contributed by atoms with van der Waals surface area (Å²) in [6.45, 7) is 1.87. The van der Waals surface area contributed by atoms with Crippen molar-refractivity contribution in [2.24, 2.45) is 0 Å². The Balaban J connectivity index is 2.19. The van der Waals surface area contributed by atoms with Gasteiger partial charge < -0.3 is 10.3 Å². The van der Waals surface area contributed by atoms with Gasteiger partial charge in [-0.2, -0.15) is 13.2 Å². The van der Waals surface area contributed by atoms with Gasteiger partial charge in [0.25, 0.3) is 5.56 Å². The molecule has 9 heteroatoms. The average molecular weight is 369 g/mol. The lowest BCUT2D eigenvalue weighted by atomic mass is 9.84. The first-order chi connectivity index (χ1) is 11.8. The molecule has 1 aromatic heterocycles. The number of aromatic nitrogens is 2. The van der Waals surface area contributed by atoms with Crippen LogP contribution in [-0.4, -0.2) is 21.6 Å². The summed E-state index contributed by atoms with van der Waals surface area (Å²) in [5, 5.41) is 2.81. The fourth-order valence-electron chi connectivity index (χ4n) is 2.88. The number of benzene rings is 1. The van der Waals surface area contributed by atoms with E-state index in [0.29, 0.717) is 10.9 Å². The van der Waals surface area contributed by atoms with Gasteiger partial charge in [-0.25, -0.2) is 4.98 Å². The van der Waals surface area contributed by atoms with Gasteiger partial charge in [0.2, 0.25) is 5.91 Å². The molecule has 0 saturated heterocycles. The lowest BCUT2D eigenvalue weighted by Gasteiger charge is -2.26. The highest BCUT2D eigenvalue weighted by atomic mass is 32.2. The molecule has 0 spiro atoms. The maximum absolute atomic E-state index is 13.3. The van der Waals surface area contributed by atoms with Gasteiger partial charge in [0, 0.05) is 12.3 Å². The molecule has 1 aliphatic heterocycles. The smallest absolute Gasteiger partial charge is 0.310 e. The van der Waals surface area contributed by atoms with Crippen LogP contribution >= 0.6 is 11.8 Å². The molecule has 2 aromatic rings. The van der Waals surface area contributed by atoms with Crippen LogP contribution in [0.25, 0.3) is 0 Å². The van der Waals surface area contributed by atoms with Gasteiger partial charge in [-0.3, -0.25) is 9.59 Å². The Hall–Kier alpha value is -2.29. The molecule has 0 bridgehead atoms. The molecule has 1 aliphatic rings. The van der Waals surface area contributed by atoms with Crippen LogP contribution in [0.2, 0.25) is 0 Å². The first kappa shape index (κ1) is 17.5. The Morgan fingerprint density at radius 1 is 1.28 bits per heavy atom. The molecular formula is C16H14F3N3O2S. The third-order valence-corrected chi connectivity index (χ3v) is 4.61. The summed E-state index contributed by atoms with van der Waals surface area (Å²) >= 11 is 1.27. The Morgan fingerprint density at radius 2 is 2.00 bits per heavy atom. The van der Waals surface area contributed by atoms with Crippen molar-refractivity contribution in [3.05, 3.63) is 51.3 Å². The molecule has 1 aromatic carbocycles. The van der Waals surface area contributed by atoms with Gasteiger partial charge >= 0.3 is 6.18 Å². The third-order valence-electron chi connectivity index (χ3n) is 3.85. The van der Waals surface area contributed by atoms with Gasteiger partial charge in [-0.15, -0.1) is 0 Å². The van der Waals surface area contributed by atoms with Crippen LogP contribution in [0.3, 0.4) is 0 Å². The van der Waals surface area contributed by atoms with E-state index >= 15 is 0 Å². The number of halogens is 3. The SMILES string of the molecule is CCSc1nc2c(c(=O)[nH]1)[C@@H](c1ccccc1C(F)(F)F)CC(=O)N2. The van der Waals surface area contributed by atoms with E-state index in [2.05, 4.69) is 15.3 Å². The number of aromatic amines is 1. The zero-order valence-electron chi connectivity index (χ0n) is 13.1. The molecule has 0 unspecified atom stereocenters. The minimum absolute atomic E-state index is 0.0259.